The van der Waals surface area contributed by atoms with Crippen molar-refractivity contribution in [3.63, 3.8) is 0 Å². The Morgan fingerprint density at radius 3 is 2.29 bits per heavy atom. The van der Waals surface area contributed by atoms with Gasteiger partial charge >= 0.3 is 0 Å². The third kappa shape index (κ3) is 5.94. The van der Waals surface area contributed by atoms with Gasteiger partial charge in [0.1, 0.15) is 11.6 Å². The van der Waals surface area contributed by atoms with Crippen LogP contribution in [0.15, 0.2) is 71.3 Å². The number of carbonyl (C=O) groups is 1. The number of carbonyl (C=O) groups excluding carboxylic acids is 1. The zero-order valence-corrected chi connectivity index (χ0v) is 16.3. The fourth-order valence-electron chi connectivity index (χ4n) is 2.38. The van der Waals surface area contributed by atoms with Gasteiger partial charge in [-0.2, -0.15) is 13.7 Å². The third-order valence-corrected chi connectivity index (χ3v) is 4.81. The second kappa shape index (κ2) is 9.17. The Bertz CT molecular complexity index is 992. The molecule has 1 amide bonds. The van der Waals surface area contributed by atoms with Crippen molar-refractivity contribution in [2.45, 2.75) is 31.3 Å². The topological polar surface area (TPSA) is 111 Å². The molecule has 2 aromatic rings. The van der Waals surface area contributed by atoms with Crippen molar-refractivity contribution in [1.82, 2.24) is 4.90 Å². The van der Waals surface area contributed by atoms with Crippen LogP contribution in [-0.4, -0.2) is 29.8 Å². The highest BCUT2D eigenvalue weighted by Gasteiger charge is 2.15. The van der Waals surface area contributed by atoms with Crippen LogP contribution in [0, 0.1) is 11.3 Å². The number of hydrogen-bond donors (Lipinski definition) is 2. The van der Waals surface area contributed by atoms with E-state index in [2.05, 4.69) is 5.32 Å². The van der Waals surface area contributed by atoms with Crippen LogP contribution in [0.4, 0.5) is 5.69 Å². The number of amides is 1. The van der Waals surface area contributed by atoms with Crippen LogP contribution in [0.25, 0.3) is 0 Å². The second-order valence-corrected chi connectivity index (χ2v) is 7.78. The predicted octanol–water partition coefficient (Wildman–Crippen LogP) is 3.19. The standard InChI is InChI=1S/C20H21N3O4S/c1-15(2)23(13-16-6-4-3-5-7-16)14-17(12-21)20(24)22-18-8-10-19(11-9-18)28(25,26)27/h3-11,14-15H,13H2,1-2H3,(H,22,24)(H,25,26,27)/b17-14-. The molecule has 0 aliphatic heterocycles. The molecule has 146 valence electrons. The average molecular weight is 399 g/mol. The first kappa shape index (κ1) is 21.2. The lowest BCUT2D eigenvalue weighted by Gasteiger charge is -2.25. The van der Waals surface area contributed by atoms with Gasteiger partial charge in [0.15, 0.2) is 0 Å². The molecular formula is C20H21N3O4S. The molecule has 0 spiro atoms. The summed E-state index contributed by atoms with van der Waals surface area (Å²) < 4.78 is 31.1. The van der Waals surface area contributed by atoms with Gasteiger partial charge in [0.25, 0.3) is 16.0 Å². The summed E-state index contributed by atoms with van der Waals surface area (Å²) in [4.78, 5) is 14.0. The quantitative estimate of drug-likeness (QED) is 0.420. The van der Waals surface area contributed by atoms with E-state index >= 15 is 0 Å². The first-order valence-electron chi connectivity index (χ1n) is 8.51. The minimum absolute atomic E-state index is 0.0606. The summed E-state index contributed by atoms with van der Waals surface area (Å²) in [5, 5.41) is 12.0. The van der Waals surface area contributed by atoms with Gasteiger partial charge in [-0.15, -0.1) is 0 Å². The Morgan fingerprint density at radius 1 is 1.18 bits per heavy atom. The molecule has 0 saturated heterocycles. The Balaban J connectivity index is 2.17. The van der Waals surface area contributed by atoms with Gasteiger partial charge in [-0.25, -0.2) is 0 Å². The molecule has 0 atom stereocenters. The summed E-state index contributed by atoms with van der Waals surface area (Å²) in [5.74, 6) is -0.610. The minimum atomic E-state index is -4.31. The maximum atomic E-state index is 12.4. The first-order valence-corrected chi connectivity index (χ1v) is 9.95. The van der Waals surface area contributed by atoms with E-state index in [0.29, 0.717) is 12.2 Å². The normalized spacial score (nSPS) is 11.8. The SMILES string of the molecule is CC(C)N(/C=C(/C#N)C(=O)Nc1ccc(S(=O)(=O)O)cc1)Cc1ccccc1. The van der Waals surface area contributed by atoms with Crippen LogP contribution in [0.1, 0.15) is 19.4 Å². The van der Waals surface area contributed by atoms with Crippen molar-refractivity contribution in [2.75, 3.05) is 5.32 Å². The van der Waals surface area contributed by atoms with E-state index in [1.54, 1.807) is 0 Å². The second-order valence-electron chi connectivity index (χ2n) is 6.36. The summed E-state index contributed by atoms with van der Waals surface area (Å²) in [7, 11) is -4.31. The van der Waals surface area contributed by atoms with E-state index in [9.17, 15) is 18.5 Å². The molecule has 0 heterocycles. The van der Waals surface area contributed by atoms with E-state index in [1.807, 2.05) is 55.1 Å². The number of anilines is 1. The van der Waals surface area contributed by atoms with E-state index in [-0.39, 0.29) is 16.5 Å². The Hall–Kier alpha value is -3.15. The maximum Gasteiger partial charge on any atom is 0.294 e. The zero-order valence-electron chi connectivity index (χ0n) is 15.5. The number of nitrogens with zero attached hydrogens (tertiary/aromatic N) is 2. The lowest BCUT2D eigenvalue weighted by molar-refractivity contribution is -0.112. The van der Waals surface area contributed by atoms with Gasteiger partial charge in [-0.05, 0) is 43.7 Å². The van der Waals surface area contributed by atoms with Gasteiger partial charge in [0.05, 0.1) is 4.90 Å². The molecular weight excluding hydrogens is 378 g/mol. The minimum Gasteiger partial charge on any atom is -0.369 e. The number of rotatable bonds is 7. The summed E-state index contributed by atoms with van der Waals surface area (Å²) in [6.07, 6.45) is 1.51. The molecule has 0 aliphatic carbocycles. The van der Waals surface area contributed by atoms with Gasteiger partial charge in [-0.1, -0.05) is 30.3 Å². The van der Waals surface area contributed by atoms with Crippen LogP contribution in [-0.2, 0) is 21.5 Å². The van der Waals surface area contributed by atoms with Crippen LogP contribution in [0.5, 0.6) is 0 Å². The Labute approximate surface area is 164 Å². The van der Waals surface area contributed by atoms with Crippen LogP contribution in [0.3, 0.4) is 0 Å². The van der Waals surface area contributed by atoms with Crippen molar-refractivity contribution < 1.29 is 17.8 Å². The predicted molar refractivity (Wildman–Crippen MR) is 106 cm³/mol. The molecule has 0 aliphatic rings. The Morgan fingerprint density at radius 2 is 1.79 bits per heavy atom. The maximum absolute atomic E-state index is 12.4. The van der Waals surface area contributed by atoms with Crippen LogP contribution < -0.4 is 5.32 Å². The molecule has 0 aromatic heterocycles. The molecule has 0 radical (unpaired) electrons. The molecule has 0 fully saturated rings. The largest absolute Gasteiger partial charge is 0.369 e. The van der Waals surface area contributed by atoms with Gasteiger partial charge in [-0.3, -0.25) is 9.35 Å². The van der Waals surface area contributed by atoms with Crippen molar-refractivity contribution in [2.24, 2.45) is 0 Å². The van der Waals surface area contributed by atoms with Gasteiger partial charge in [0, 0.05) is 24.5 Å². The molecule has 28 heavy (non-hydrogen) atoms. The molecule has 0 unspecified atom stereocenters. The van der Waals surface area contributed by atoms with E-state index in [4.69, 9.17) is 4.55 Å². The highest BCUT2D eigenvalue weighted by molar-refractivity contribution is 7.85. The van der Waals surface area contributed by atoms with Crippen molar-refractivity contribution >= 4 is 21.7 Å². The fourth-order valence-corrected chi connectivity index (χ4v) is 2.86. The number of hydrogen-bond acceptors (Lipinski definition) is 5. The Kier molecular flexibility index (Phi) is 6.93. The molecule has 0 bridgehead atoms. The summed E-state index contributed by atoms with van der Waals surface area (Å²) >= 11 is 0. The van der Waals surface area contributed by atoms with E-state index < -0.39 is 16.0 Å². The van der Waals surface area contributed by atoms with Crippen molar-refractivity contribution in [3.8, 4) is 6.07 Å². The number of benzene rings is 2. The smallest absolute Gasteiger partial charge is 0.294 e. The summed E-state index contributed by atoms with van der Waals surface area (Å²) in [5.41, 5.74) is 1.27. The summed E-state index contributed by atoms with van der Waals surface area (Å²) in [6, 6.07) is 16.6. The highest BCUT2D eigenvalue weighted by Crippen LogP contribution is 2.15. The monoisotopic (exact) mass is 399 g/mol. The fraction of sp³-hybridized carbons (Fsp3) is 0.200. The first-order chi connectivity index (χ1) is 13.2. The van der Waals surface area contributed by atoms with E-state index in [0.717, 1.165) is 17.7 Å². The van der Waals surface area contributed by atoms with Crippen molar-refractivity contribution in [3.05, 3.63) is 71.9 Å². The van der Waals surface area contributed by atoms with Gasteiger partial charge < -0.3 is 10.2 Å². The third-order valence-electron chi connectivity index (χ3n) is 3.94. The molecule has 0 saturated carbocycles. The van der Waals surface area contributed by atoms with Crippen LogP contribution >= 0.6 is 0 Å². The molecule has 2 aromatic carbocycles. The molecule has 8 heteroatoms. The van der Waals surface area contributed by atoms with Crippen molar-refractivity contribution in [1.29, 1.82) is 5.26 Å². The van der Waals surface area contributed by atoms with Crippen LogP contribution in [0.2, 0.25) is 0 Å². The lowest BCUT2D eigenvalue weighted by atomic mass is 10.2. The van der Waals surface area contributed by atoms with Gasteiger partial charge in [0.2, 0.25) is 0 Å². The molecule has 2 rings (SSSR count). The number of nitriles is 1. The van der Waals surface area contributed by atoms with E-state index in [1.165, 1.54) is 18.3 Å². The lowest BCUT2D eigenvalue weighted by Crippen LogP contribution is -2.27. The highest BCUT2D eigenvalue weighted by atomic mass is 32.2. The molecule has 7 nitrogen and oxygen atoms in total. The summed E-state index contributed by atoms with van der Waals surface area (Å²) in [6.45, 7) is 4.46. The molecule has 2 N–H and O–H groups in total. The average Bonchev–Trinajstić information content (AvgIpc) is 2.65. The zero-order chi connectivity index (χ0) is 20.7. The number of nitrogens with one attached hydrogen (secondary N) is 1.